The molecule has 0 fully saturated rings. The molecule has 222 valence electrons. The van der Waals surface area contributed by atoms with Crippen molar-refractivity contribution in [2.45, 2.75) is 25.0 Å². The number of para-hydroxylation sites is 1. The van der Waals surface area contributed by atoms with E-state index in [1.54, 1.807) is 11.8 Å². The summed E-state index contributed by atoms with van der Waals surface area (Å²) < 4.78 is 2.48. The van der Waals surface area contributed by atoms with E-state index in [2.05, 4.69) is 156 Å². The first kappa shape index (κ1) is 28.9. The molecule has 0 saturated heterocycles. The normalized spacial score (nSPS) is 19.5. The third-order valence-corrected chi connectivity index (χ3v) is 8.88. The van der Waals surface area contributed by atoms with E-state index in [1.165, 1.54) is 44.1 Å². The highest BCUT2D eigenvalue weighted by molar-refractivity contribution is 7.97. The van der Waals surface area contributed by atoms with E-state index in [0.29, 0.717) is 0 Å². The van der Waals surface area contributed by atoms with Gasteiger partial charge in [0.25, 0.3) is 0 Å². The molecule has 5 aromatic rings. The van der Waals surface area contributed by atoms with Gasteiger partial charge in [0.15, 0.2) is 0 Å². The highest BCUT2D eigenvalue weighted by Crippen LogP contribution is 2.52. The number of rotatable bonds is 6. The molecule has 0 N–H and O–H groups in total. The Labute approximate surface area is 270 Å². The van der Waals surface area contributed by atoms with Crippen molar-refractivity contribution in [1.82, 2.24) is 9.47 Å². The molecule has 2 atom stereocenters. The summed E-state index contributed by atoms with van der Waals surface area (Å²) in [5, 5.41) is 2.60. The molecule has 1 aromatic heterocycles. The molecule has 0 saturated carbocycles. The summed E-state index contributed by atoms with van der Waals surface area (Å²) in [5.41, 5.74) is 9.80. The first-order chi connectivity index (χ1) is 22.1. The molecule has 1 aliphatic heterocycles. The van der Waals surface area contributed by atoms with Gasteiger partial charge in [-0.1, -0.05) is 128 Å². The second-order valence-corrected chi connectivity index (χ2v) is 12.6. The van der Waals surface area contributed by atoms with Crippen molar-refractivity contribution in [2.24, 2.45) is 4.99 Å². The van der Waals surface area contributed by atoms with Gasteiger partial charge in [-0.05, 0) is 54.3 Å². The number of benzene rings is 4. The first-order valence-corrected chi connectivity index (χ1v) is 17.1. The van der Waals surface area contributed by atoms with Crippen molar-refractivity contribution in [2.75, 3.05) is 12.5 Å². The Kier molecular flexibility index (Phi) is 7.68. The van der Waals surface area contributed by atoms with Crippen molar-refractivity contribution >= 4 is 39.4 Å². The zero-order valence-corrected chi connectivity index (χ0v) is 26.8. The summed E-state index contributed by atoms with van der Waals surface area (Å²) in [6.07, 6.45) is 21.3. The van der Waals surface area contributed by atoms with Gasteiger partial charge in [0.1, 0.15) is 11.4 Å². The minimum absolute atomic E-state index is 0.0815. The van der Waals surface area contributed by atoms with Crippen molar-refractivity contribution in [3.05, 3.63) is 157 Å². The zero-order chi connectivity index (χ0) is 31.0. The number of nitrogens with zero attached hydrogens (tertiary/aromatic N) is 3. The third kappa shape index (κ3) is 4.81. The highest BCUT2D eigenvalue weighted by Gasteiger charge is 2.44. The highest BCUT2D eigenvalue weighted by atomic mass is 32.2. The Bertz CT molecular complexity index is 2070. The number of allylic oxidation sites excluding steroid dienone is 6. The van der Waals surface area contributed by atoms with Crippen LogP contribution in [0.4, 0.5) is 0 Å². The van der Waals surface area contributed by atoms with E-state index in [1.807, 2.05) is 18.6 Å². The van der Waals surface area contributed by atoms with Crippen molar-refractivity contribution in [3.8, 4) is 22.3 Å². The van der Waals surface area contributed by atoms with E-state index in [4.69, 9.17) is 4.99 Å². The molecule has 0 spiro atoms. The van der Waals surface area contributed by atoms with Crippen LogP contribution in [-0.4, -0.2) is 39.4 Å². The predicted molar refractivity (Wildman–Crippen MR) is 196 cm³/mol. The van der Waals surface area contributed by atoms with Crippen LogP contribution in [0.15, 0.2) is 157 Å². The van der Waals surface area contributed by atoms with Gasteiger partial charge in [0.05, 0.1) is 11.6 Å². The molecule has 4 heteroatoms. The Morgan fingerprint density at radius 3 is 2.40 bits per heavy atom. The SMILES string of the molecule is C=C/C=C(\C=C/Cn1c2ccccc2c2ccc3c(c21)-c1ccccc1-3)N1C(c2ccccc2)=NC2(C)C=CC=CC12.CSC. The Balaban J connectivity index is 0.00000104. The van der Waals surface area contributed by atoms with E-state index in [-0.39, 0.29) is 11.6 Å². The topological polar surface area (TPSA) is 20.5 Å². The number of thioether (sulfide) groups is 1. The third-order valence-electron chi connectivity index (χ3n) is 8.88. The number of aromatic nitrogens is 1. The van der Waals surface area contributed by atoms with Crippen LogP contribution in [0.5, 0.6) is 0 Å². The zero-order valence-electron chi connectivity index (χ0n) is 26.0. The summed E-state index contributed by atoms with van der Waals surface area (Å²) >= 11 is 1.75. The molecule has 45 heavy (non-hydrogen) atoms. The van der Waals surface area contributed by atoms with Crippen LogP contribution < -0.4 is 0 Å². The summed E-state index contributed by atoms with van der Waals surface area (Å²) in [5.74, 6) is 0.979. The maximum Gasteiger partial charge on any atom is 0.137 e. The average Bonchev–Trinajstić information content (AvgIpc) is 3.55. The van der Waals surface area contributed by atoms with Gasteiger partial charge in [0.2, 0.25) is 0 Å². The van der Waals surface area contributed by atoms with Gasteiger partial charge in [-0.15, -0.1) is 0 Å². The smallest absolute Gasteiger partial charge is 0.137 e. The minimum atomic E-state index is -0.337. The van der Waals surface area contributed by atoms with E-state index in [9.17, 15) is 0 Å². The molecule has 3 aliphatic rings. The van der Waals surface area contributed by atoms with Crippen LogP contribution in [0, 0.1) is 0 Å². The van der Waals surface area contributed by atoms with Gasteiger partial charge in [0, 0.05) is 39.7 Å². The van der Waals surface area contributed by atoms with Crippen LogP contribution in [0.25, 0.3) is 44.1 Å². The molecule has 2 heterocycles. The summed E-state index contributed by atoms with van der Waals surface area (Å²) in [6, 6.07) is 32.7. The summed E-state index contributed by atoms with van der Waals surface area (Å²) in [4.78, 5) is 7.64. The van der Waals surface area contributed by atoms with Crippen LogP contribution in [-0.2, 0) is 6.54 Å². The lowest BCUT2D eigenvalue weighted by Crippen LogP contribution is -2.43. The van der Waals surface area contributed by atoms with E-state index < -0.39 is 0 Å². The number of hydrogen-bond acceptors (Lipinski definition) is 3. The van der Waals surface area contributed by atoms with Gasteiger partial charge in [-0.2, -0.15) is 11.8 Å². The maximum atomic E-state index is 5.28. The largest absolute Gasteiger partial charge is 0.336 e. The molecule has 2 aliphatic carbocycles. The maximum absolute atomic E-state index is 5.28. The van der Waals surface area contributed by atoms with Crippen LogP contribution in [0.3, 0.4) is 0 Å². The fraction of sp³-hybridized carbons (Fsp3) is 0.146. The van der Waals surface area contributed by atoms with Gasteiger partial charge >= 0.3 is 0 Å². The average molecular weight is 604 g/mol. The van der Waals surface area contributed by atoms with Gasteiger partial charge in [-0.3, -0.25) is 4.99 Å². The Morgan fingerprint density at radius 2 is 1.60 bits per heavy atom. The fourth-order valence-corrected chi connectivity index (χ4v) is 6.97. The molecule has 2 unspecified atom stereocenters. The number of amidine groups is 1. The quantitative estimate of drug-likeness (QED) is 0.177. The number of aliphatic imine (C=N–C) groups is 1. The predicted octanol–water partition coefficient (Wildman–Crippen LogP) is 10.1. The molecule has 3 nitrogen and oxygen atoms in total. The van der Waals surface area contributed by atoms with Gasteiger partial charge < -0.3 is 9.47 Å². The lowest BCUT2D eigenvalue weighted by Gasteiger charge is -2.34. The van der Waals surface area contributed by atoms with E-state index >= 15 is 0 Å². The van der Waals surface area contributed by atoms with Crippen molar-refractivity contribution in [3.63, 3.8) is 0 Å². The lowest BCUT2D eigenvalue weighted by molar-refractivity contribution is 0.381. The molecule has 8 rings (SSSR count). The standard InChI is InChI=1S/C39H31N3.C2H6S/c1-3-14-28(42-35-22-11-12-25-39(35,2)40-38(42)27-15-5-4-6-16-27)17-13-26-41-34-21-10-9-19-30(34)33-24-23-32-29-18-7-8-20-31(29)36(32)37(33)41;1-3-2/h3-25,35H,1,26H2,2H3;1-2H3/b17-13-,28-14+;. The van der Waals surface area contributed by atoms with E-state index in [0.717, 1.165) is 23.6 Å². The Morgan fingerprint density at radius 1 is 0.867 bits per heavy atom. The number of hydrogen-bond donors (Lipinski definition) is 0. The van der Waals surface area contributed by atoms with Crippen LogP contribution in [0.1, 0.15) is 12.5 Å². The molecule has 0 amide bonds. The lowest BCUT2D eigenvalue weighted by atomic mass is 9.79. The van der Waals surface area contributed by atoms with Crippen LogP contribution >= 0.6 is 11.8 Å². The molecule has 0 radical (unpaired) electrons. The monoisotopic (exact) mass is 603 g/mol. The second-order valence-electron chi connectivity index (χ2n) is 11.8. The molecular formula is C41H37N3S. The minimum Gasteiger partial charge on any atom is -0.336 e. The van der Waals surface area contributed by atoms with Gasteiger partial charge in [-0.25, -0.2) is 0 Å². The fourth-order valence-electron chi connectivity index (χ4n) is 6.97. The second kappa shape index (κ2) is 11.9. The summed E-state index contributed by atoms with van der Waals surface area (Å²) in [6.45, 7) is 7.03. The van der Waals surface area contributed by atoms with Crippen LogP contribution in [0.2, 0.25) is 0 Å². The first-order valence-electron chi connectivity index (χ1n) is 15.4. The Hall–Kier alpha value is -4.80. The molecular weight excluding hydrogens is 567 g/mol. The number of fused-ring (bicyclic) bond motifs is 9. The molecule has 0 bridgehead atoms. The summed E-state index contributed by atoms with van der Waals surface area (Å²) in [7, 11) is 0. The van der Waals surface area contributed by atoms with Crippen molar-refractivity contribution < 1.29 is 0 Å². The van der Waals surface area contributed by atoms with Crippen molar-refractivity contribution in [1.29, 1.82) is 0 Å². The molecule has 4 aromatic carbocycles.